The van der Waals surface area contributed by atoms with Crippen molar-refractivity contribution in [3.8, 4) is 0 Å². The molecule has 102 valence electrons. The summed E-state index contributed by atoms with van der Waals surface area (Å²) in [5.74, 6) is 1.84. The minimum Gasteiger partial charge on any atom is -0.417 e. The predicted molar refractivity (Wildman–Crippen MR) is 78.9 cm³/mol. The third-order valence-corrected chi connectivity index (χ3v) is 9.53. The molecule has 0 N–H and O–H groups in total. The zero-order valence-electron chi connectivity index (χ0n) is 12.8. The lowest BCUT2D eigenvalue weighted by atomic mass is 9.81. The summed E-state index contributed by atoms with van der Waals surface area (Å²) in [5, 5.41) is 0.355. The number of hydrogen-bond donors (Lipinski definition) is 0. The third-order valence-electron chi connectivity index (χ3n) is 5.03. The standard InChI is InChI=1S/C15H32OSi/c1-7-13-8-10-14(11-9-13)12-16-17(5,6)15(2,3)4/h13-14H,7-12H2,1-6H3/t13-,14-. The van der Waals surface area contributed by atoms with E-state index in [0.29, 0.717) is 5.04 Å². The Morgan fingerprint density at radius 1 is 1.00 bits per heavy atom. The van der Waals surface area contributed by atoms with Crippen molar-refractivity contribution in [3.05, 3.63) is 0 Å². The van der Waals surface area contributed by atoms with Crippen LogP contribution in [-0.4, -0.2) is 14.9 Å². The molecule has 0 aliphatic heterocycles. The molecule has 0 bridgehead atoms. The van der Waals surface area contributed by atoms with E-state index >= 15 is 0 Å². The summed E-state index contributed by atoms with van der Waals surface area (Å²) in [6, 6.07) is 0. The Labute approximate surface area is 109 Å². The van der Waals surface area contributed by atoms with E-state index in [2.05, 4.69) is 40.8 Å². The summed E-state index contributed by atoms with van der Waals surface area (Å²) in [4.78, 5) is 0. The van der Waals surface area contributed by atoms with Gasteiger partial charge in [-0.2, -0.15) is 0 Å². The van der Waals surface area contributed by atoms with Crippen molar-refractivity contribution in [2.75, 3.05) is 6.61 Å². The van der Waals surface area contributed by atoms with Gasteiger partial charge in [0.15, 0.2) is 8.32 Å². The molecule has 1 saturated carbocycles. The van der Waals surface area contributed by atoms with Crippen molar-refractivity contribution in [1.82, 2.24) is 0 Å². The van der Waals surface area contributed by atoms with Gasteiger partial charge in [0.05, 0.1) is 0 Å². The van der Waals surface area contributed by atoms with E-state index in [9.17, 15) is 0 Å². The lowest BCUT2D eigenvalue weighted by molar-refractivity contribution is 0.169. The molecule has 1 nitrogen and oxygen atoms in total. The third kappa shape index (κ3) is 4.40. The van der Waals surface area contributed by atoms with Crippen LogP contribution in [0.3, 0.4) is 0 Å². The van der Waals surface area contributed by atoms with Crippen molar-refractivity contribution in [3.63, 3.8) is 0 Å². The average Bonchev–Trinajstić information content (AvgIpc) is 2.25. The highest BCUT2D eigenvalue weighted by atomic mass is 28.4. The topological polar surface area (TPSA) is 9.23 Å². The second-order valence-electron chi connectivity index (χ2n) is 7.37. The summed E-state index contributed by atoms with van der Waals surface area (Å²) in [7, 11) is -1.51. The summed E-state index contributed by atoms with van der Waals surface area (Å²) >= 11 is 0. The van der Waals surface area contributed by atoms with Crippen LogP contribution in [0.5, 0.6) is 0 Å². The molecule has 1 fully saturated rings. The second-order valence-corrected chi connectivity index (χ2v) is 12.2. The highest BCUT2D eigenvalue weighted by Crippen LogP contribution is 2.38. The molecular formula is C15H32OSi. The number of hydrogen-bond acceptors (Lipinski definition) is 1. The monoisotopic (exact) mass is 256 g/mol. The molecule has 0 atom stereocenters. The predicted octanol–water partition coefficient (Wildman–Crippen LogP) is 5.22. The van der Waals surface area contributed by atoms with Gasteiger partial charge < -0.3 is 4.43 Å². The van der Waals surface area contributed by atoms with Crippen LogP contribution < -0.4 is 0 Å². The van der Waals surface area contributed by atoms with Gasteiger partial charge in [0, 0.05) is 6.61 Å². The molecule has 0 heterocycles. The first kappa shape index (κ1) is 15.2. The lowest BCUT2D eigenvalue weighted by Crippen LogP contribution is -2.42. The van der Waals surface area contributed by atoms with Crippen LogP contribution >= 0.6 is 0 Å². The maximum atomic E-state index is 6.34. The first-order chi connectivity index (χ1) is 7.76. The maximum Gasteiger partial charge on any atom is 0.191 e. The van der Waals surface area contributed by atoms with Crippen LogP contribution in [0.4, 0.5) is 0 Å². The molecule has 17 heavy (non-hydrogen) atoms. The van der Waals surface area contributed by atoms with Gasteiger partial charge in [-0.3, -0.25) is 0 Å². The molecular weight excluding hydrogens is 224 g/mol. The van der Waals surface area contributed by atoms with Crippen molar-refractivity contribution in [2.45, 2.75) is 77.9 Å². The highest BCUT2D eigenvalue weighted by molar-refractivity contribution is 6.74. The van der Waals surface area contributed by atoms with Gasteiger partial charge in [-0.15, -0.1) is 0 Å². The van der Waals surface area contributed by atoms with E-state index < -0.39 is 8.32 Å². The maximum absolute atomic E-state index is 6.34. The van der Waals surface area contributed by atoms with E-state index in [1.165, 1.54) is 32.1 Å². The van der Waals surface area contributed by atoms with E-state index in [4.69, 9.17) is 4.43 Å². The van der Waals surface area contributed by atoms with E-state index in [1.54, 1.807) is 0 Å². The molecule has 1 rings (SSSR count). The van der Waals surface area contributed by atoms with Gasteiger partial charge in [-0.25, -0.2) is 0 Å². The Bertz CT molecular complexity index is 222. The minimum absolute atomic E-state index is 0.355. The molecule has 2 heteroatoms. The molecule has 0 aromatic carbocycles. The van der Waals surface area contributed by atoms with Crippen LogP contribution in [0.2, 0.25) is 18.1 Å². The van der Waals surface area contributed by atoms with Gasteiger partial charge >= 0.3 is 0 Å². The first-order valence-corrected chi connectivity index (χ1v) is 10.3. The molecule has 1 aliphatic carbocycles. The summed E-state index contributed by atoms with van der Waals surface area (Å²) in [5.41, 5.74) is 0. The fourth-order valence-corrected chi connectivity index (χ4v) is 3.43. The Morgan fingerprint density at radius 2 is 1.47 bits per heavy atom. The van der Waals surface area contributed by atoms with E-state index in [-0.39, 0.29) is 0 Å². The van der Waals surface area contributed by atoms with Crippen molar-refractivity contribution in [1.29, 1.82) is 0 Å². The molecule has 1 aliphatic rings. The molecule has 0 radical (unpaired) electrons. The van der Waals surface area contributed by atoms with Crippen molar-refractivity contribution in [2.24, 2.45) is 11.8 Å². The van der Waals surface area contributed by atoms with Crippen LogP contribution in [0, 0.1) is 11.8 Å². The van der Waals surface area contributed by atoms with Gasteiger partial charge in [0.25, 0.3) is 0 Å². The number of rotatable bonds is 4. The Balaban J connectivity index is 2.33. The zero-order valence-corrected chi connectivity index (χ0v) is 13.8. The van der Waals surface area contributed by atoms with E-state index in [1.807, 2.05) is 0 Å². The van der Waals surface area contributed by atoms with Crippen LogP contribution in [0.15, 0.2) is 0 Å². The smallest absolute Gasteiger partial charge is 0.191 e. The zero-order chi connectivity index (χ0) is 13.1. The molecule has 0 amide bonds. The molecule has 0 spiro atoms. The largest absolute Gasteiger partial charge is 0.417 e. The Kier molecular flexibility index (Phi) is 5.27. The fraction of sp³-hybridized carbons (Fsp3) is 1.00. The van der Waals surface area contributed by atoms with Crippen LogP contribution in [0.1, 0.15) is 59.8 Å². The lowest BCUT2D eigenvalue weighted by Gasteiger charge is -2.38. The highest BCUT2D eigenvalue weighted by Gasteiger charge is 2.37. The average molecular weight is 257 g/mol. The van der Waals surface area contributed by atoms with Gasteiger partial charge in [-0.05, 0) is 42.8 Å². The summed E-state index contributed by atoms with van der Waals surface area (Å²) < 4.78 is 6.34. The second kappa shape index (κ2) is 5.88. The van der Waals surface area contributed by atoms with Crippen LogP contribution in [-0.2, 0) is 4.43 Å². The van der Waals surface area contributed by atoms with Crippen molar-refractivity contribution >= 4 is 8.32 Å². The van der Waals surface area contributed by atoms with Gasteiger partial charge in [-0.1, -0.05) is 47.0 Å². The summed E-state index contributed by atoms with van der Waals surface area (Å²) in [6.45, 7) is 15.1. The fourth-order valence-electron chi connectivity index (χ4n) is 2.35. The molecule has 0 saturated heterocycles. The molecule has 0 aromatic heterocycles. The quantitative estimate of drug-likeness (QED) is 0.626. The normalized spacial score (nSPS) is 27.2. The van der Waals surface area contributed by atoms with Gasteiger partial charge in [0.2, 0.25) is 0 Å². The Hall–Kier alpha value is 0.177. The molecule has 0 unspecified atom stereocenters. The van der Waals surface area contributed by atoms with Crippen molar-refractivity contribution < 1.29 is 4.43 Å². The SMILES string of the molecule is CC[C@H]1CC[C@H](CO[Si](C)(C)C(C)(C)C)CC1. The minimum atomic E-state index is -1.51. The van der Waals surface area contributed by atoms with Gasteiger partial charge in [0.1, 0.15) is 0 Å². The first-order valence-electron chi connectivity index (χ1n) is 7.40. The summed E-state index contributed by atoms with van der Waals surface area (Å²) in [6.07, 6.45) is 7.03. The van der Waals surface area contributed by atoms with Crippen LogP contribution in [0.25, 0.3) is 0 Å². The Morgan fingerprint density at radius 3 is 1.88 bits per heavy atom. The molecule has 0 aromatic rings. The van der Waals surface area contributed by atoms with E-state index in [0.717, 1.165) is 18.4 Å².